The summed E-state index contributed by atoms with van der Waals surface area (Å²) < 4.78 is 0. The summed E-state index contributed by atoms with van der Waals surface area (Å²) in [7, 11) is 0. The third-order valence-electron chi connectivity index (χ3n) is 9.14. The number of carbonyl (C=O) groups excluding carboxylic acids is 2. The van der Waals surface area contributed by atoms with E-state index in [2.05, 4.69) is 52.0 Å². The Morgan fingerprint density at radius 3 is 2.11 bits per heavy atom. The van der Waals surface area contributed by atoms with Crippen molar-refractivity contribution >= 4 is 33.4 Å². The maximum Gasteiger partial charge on any atom is 0.255 e. The molecule has 6 rings (SSSR count). The third kappa shape index (κ3) is 4.74. The van der Waals surface area contributed by atoms with Gasteiger partial charge < -0.3 is 9.80 Å². The number of benzene rings is 3. The summed E-state index contributed by atoms with van der Waals surface area (Å²) in [6, 6.07) is 19.5. The van der Waals surface area contributed by atoms with Crippen molar-refractivity contribution < 1.29 is 9.59 Å². The molecular weight excluding hydrogens is 458 g/mol. The summed E-state index contributed by atoms with van der Waals surface area (Å²) >= 11 is 0. The van der Waals surface area contributed by atoms with Gasteiger partial charge in [0.1, 0.15) is 0 Å². The standard InChI is InChI=1S/C32H39N3O2/c1-23-9-6-7-18-35(23)31(36)26-12-8-17-34(22-26)27-15-19-33(20-16-27)32(37)30-28-13-4-2-10-24(28)21-25-11-3-5-14-29(25)30/h2-5,10-11,13-14,21,23,26-27H,6-9,12,15-20,22H2,1H3/t23?,26-/m1/s1. The lowest BCUT2D eigenvalue weighted by Crippen LogP contribution is -2.53. The summed E-state index contributed by atoms with van der Waals surface area (Å²) in [5, 5.41) is 4.31. The number of likely N-dealkylation sites (tertiary alicyclic amines) is 3. The fraction of sp³-hybridized carbons (Fsp3) is 0.500. The maximum absolute atomic E-state index is 13.9. The van der Waals surface area contributed by atoms with E-state index < -0.39 is 0 Å². The van der Waals surface area contributed by atoms with E-state index in [1.165, 1.54) is 6.42 Å². The summed E-state index contributed by atoms with van der Waals surface area (Å²) in [4.78, 5) is 34.1. The van der Waals surface area contributed by atoms with Gasteiger partial charge in [0.05, 0.1) is 11.5 Å². The first-order chi connectivity index (χ1) is 18.1. The van der Waals surface area contributed by atoms with Crippen LogP contribution in [-0.4, -0.2) is 71.3 Å². The molecule has 194 valence electrons. The molecule has 0 radical (unpaired) electrons. The van der Waals surface area contributed by atoms with Gasteiger partial charge in [-0.2, -0.15) is 0 Å². The van der Waals surface area contributed by atoms with Crippen LogP contribution in [0.15, 0.2) is 54.6 Å². The lowest BCUT2D eigenvalue weighted by molar-refractivity contribution is -0.141. The van der Waals surface area contributed by atoms with Crippen LogP contribution in [0, 0.1) is 5.92 Å². The molecule has 3 aliphatic heterocycles. The molecule has 3 fully saturated rings. The summed E-state index contributed by atoms with van der Waals surface area (Å²) in [5.74, 6) is 0.667. The fourth-order valence-electron chi connectivity index (χ4n) is 7.04. The molecule has 5 nitrogen and oxygen atoms in total. The molecule has 0 spiro atoms. The van der Waals surface area contributed by atoms with Crippen LogP contribution in [0.1, 0.15) is 62.2 Å². The number of hydrogen-bond donors (Lipinski definition) is 0. The number of hydrogen-bond acceptors (Lipinski definition) is 3. The average Bonchev–Trinajstić information content (AvgIpc) is 2.95. The zero-order valence-corrected chi connectivity index (χ0v) is 22.1. The van der Waals surface area contributed by atoms with Crippen molar-refractivity contribution in [3.05, 3.63) is 60.2 Å². The predicted octanol–water partition coefficient (Wildman–Crippen LogP) is 5.71. The van der Waals surface area contributed by atoms with Gasteiger partial charge >= 0.3 is 0 Å². The topological polar surface area (TPSA) is 43.9 Å². The van der Waals surface area contributed by atoms with Crippen LogP contribution in [0.3, 0.4) is 0 Å². The van der Waals surface area contributed by atoms with E-state index in [9.17, 15) is 9.59 Å². The molecule has 3 aromatic rings. The van der Waals surface area contributed by atoms with Crippen LogP contribution < -0.4 is 0 Å². The van der Waals surface area contributed by atoms with Crippen molar-refractivity contribution in [2.24, 2.45) is 5.92 Å². The Bertz CT molecular complexity index is 1240. The molecule has 3 heterocycles. The van der Waals surface area contributed by atoms with Crippen LogP contribution in [0.5, 0.6) is 0 Å². The highest BCUT2D eigenvalue weighted by Crippen LogP contribution is 2.32. The second-order valence-electron chi connectivity index (χ2n) is 11.4. The minimum absolute atomic E-state index is 0.135. The molecule has 5 heteroatoms. The Morgan fingerprint density at radius 2 is 1.43 bits per heavy atom. The Hall–Kier alpha value is -2.92. The van der Waals surface area contributed by atoms with Gasteiger partial charge in [-0.25, -0.2) is 0 Å². The first kappa shape index (κ1) is 24.4. The Balaban J connectivity index is 1.14. The van der Waals surface area contributed by atoms with Crippen LogP contribution in [0.2, 0.25) is 0 Å². The van der Waals surface area contributed by atoms with Gasteiger partial charge in [0.2, 0.25) is 5.91 Å². The number of fused-ring (bicyclic) bond motifs is 2. The van der Waals surface area contributed by atoms with E-state index in [-0.39, 0.29) is 11.8 Å². The van der Waals surface area contributed by atoms with Gasteiger partial charge in [0.15, 0.2) is 0 Å². The first-order valence-corrected chi connectivity index (χ1v) is 14.3. The lowest BCUT2D eigenvalue weighted by Gasteiger charge is -2.44. The average molecular weight is 498 g/mol. The molecule has 0 aromatic heterocycles. The summed E-state index contributed by atoms with van der Waals surface area (Å²) in [6.07, 6.45) is 7.61. The minimum Gasteiger partial charge on any atom is -0.340 e. The van der Waals surface area contributed by atoms with Gasteiger partial charge in [0, 0.05) is 38.3 Å². The molecule has 0 aliphatic carbocycles. The van der Waals surface area contributed by atoms with Crippen molar-refractivity contribution in [3.63, 3.8) is 0 Å². The molecule has 3 aliphatic rings. The molecule has 0 saturated carbocycles. The second kappa shape index (κ2) is 10.4. The Morgan fingerprint density at radius 1 is 0.757 bits per heavy atom. The zero-order chi connectivity index (χ0) is 25.4. The van der Waals surface area contributed by atoms with Crippen molar-refractivity contribution in [1.29, 1.82) is 0 Å². The van der Waals surface area contributed by atoms with E-state index in [1.54, 1.807) is 0 Å². The fourth-order valence-corrected chi connectivity index (χ4v) is 7.04. The van der Waals surface area contributed by atoms with Crippen molar-refractivity contribution in [2.75, 3.05) is 32.7 Å². The summed E-state index contributed by atoms with van der Waals surface area (Å²) in [5.41, 5.74) is 0.839. The van der Waals surface area contributed by atoms with Gasteiger partial charge in [-0.1, -0.05) is 48.5 Å². The molecule has 3 saturated heterocycles. The predicted molar refractivity (Wildman–Crippen MR) is 150 cm³/mol. The van der Waals surface area contributed by atoms with E-state index in [0.717, 1.165) is 98.4 Å². The number of rotatable bonds is 3. The molecule has 3 aromatic carbocycles. The summed E-state index contributed by atoms with van der Waals surface area (Å²) in [6.45, 7) is 6.66. The van der Waals surface area contributed by atoms with Gasteiger partial charge in [-0.15, -0.1) is 0 Å². The third-order valence-corrected chi connectivity index (χ3v) is 9.14. The number of nitrogens with zero attached hydrogens (tertiary/aromatic N) is 3. The van der Waals surface area contributed by atoms with E-state index in [0.29, 0.717) is 18.0 Å². The maximum atomic E-state index is 13.9. The highest BCUT2D eigenvalue weighted by Gasteiger charge is 2.36. The normalized spacial score (nSPS) is 24.0. The Kier molecular flexibility index (Phi) is 6.90. The quantitative estimate of drug-likeness (QED) is 0.435. The SMILES string of the molecule is CC1CCCCN1C(=O)[C@@H]1CCCN(C2CCN(C(=O)c3c4ccccc4cc4ccccc34)CC2)C1. The number of amides is 2. The highest BCUT2D eigenvalue weighted by atomic mass is 16.2. The smallest absolute Gasteiger partial charge is 0.255 e. The Labute approximate surface area is 220 Å². The molecule has 37 heavy (non-hydrogen) atoms. The monoisotopic (exact) mass is 497 g/mol. The van der Waals surface area contributed by atoms with Crippen LogP contribution >= 0.6 is 0 Å². The van der Waals surface area contributed by atoms with E-state index in [1.807, 2.05) is 24.3 Å². The van der Waals surface area contributed by atoms with Crippen LogP contribution in [0.4, 0.5) is 0 Å². The van der Waals surface area contributed by atoms with Crippen LogP contribution in [-0.2, 0) is 4.79 Å². The van der Waals surface area contributed by atoms with Crippen molar-refractivity contribution in [2.45, 2.75) is 64.0 Å². The molecule has 2 amide bonds. The number of piperidine rings is 3. The van der Waals surface area contributed by atoms with Gasteiger partial charge in [0.25, 0.3) is 5.91 Å². The van der Waals surface area contributed by atoms with Crippen molar-refractivity contribution in [1.82, 2.24) is 14.7 Å². The molecular formula is C32H39N3O2. The van der Waals surface area contributed by atoms with Gasteiger partial charge in [-0.3, -0.25) is 14.5 Å². The van der Waals surface area contributed by atoms with E-state index in [4.69, 9.17) is 0 Å². The molecule has 0 bridgehead atoms. The molecule has 0 N–H and O–H groups in total. The van der Waals surface area contributed by atoms with E-state index >= 15 is 0 Å². The van der Waals surface area contributed by atoms with Crippen molar-refractivity contribution in [3.8, 4) is 0 Å². The van der Waals surface area contributed by atoms with Crippen LogP contribution in [0.25, 0.3) is 21.5 Å². The second-order valence-corrected chi connectivity index (χ2v) is 11.4. The zero-order valence-electron chi connectivity index (χ0n) is 22.1. The molecule has 1 unspecified atom stereocenters. The van der Waals surface area contributed by atoms with Gasteiger partial charge in [-0.05, 0) is 86.0 Å². The lowest BCUT2D eigenvalue weighted by atomic mass is 9.91. The molecule has 2 atom stereocenters. The number of carbonyl (C=O) groups is 2. The largest absolute Gasteiger partial charge is 0.340 e. The minimum atomic E-state index is 0.135. The highest BCUT2D eigenvalue weighted by molar-refractivity contribution is 6.18. The first-order valence-electron chi connectivity index (χ1n) is 14.3.